The summed E-state index contributed by atoms with van der Waals surface area (Å²) in [7, 11) is 0. The van der Waals surface area contributed by atoms with Gasteiger partial charge in [-0.15, -0.1) is 0 Å². The average molecular weight is 371 g/mol. The maximum atomic E-state index is 13.1. The SMILES string of the molecule is O=C(Cn1c2c(c(=O)n(C3CCCCC3)c1=O)CCC2)NCc1ccco1. The molecule has 144 valence electrons. The smallest absolute Gasteiger partial charge is 0.331 e. The number of aromatic nitrogens is 2. The predicted octanol–water partition coefficient (Wildman–Crippen LogP) is 1.91. The molecule has 4 rings (SSSR count). The monoisotopic (exact) mass is 371 g/mol. The number of rotatable bonds is 5. The summed E-state index contributed by atoms with van der Waals surface area (Å²) >= 11 is 0. The van der Waals surface area contributed by atoms with Gasteiger partial charge in [0, 0.05) is 17.3 Å². The zero-order valence-electron chi connectivity index (χ0n) is 15.4. The van der Waals surface area contributed by atoms with E-state index < -0.39 is 0 Å². The van der Waals surface area contributed by atoms with Crippen LogP contribution in [0.2, 0.25) is 0 Å². The van der Waals surface area contributed by atoms with Crippen LogP contribution in [0.25, 0.3) is 0 Å². The molecule has 1 amide bonds. The molecule has 0 radical (unpaired) electrons. The Morgan fingerprint density at radius 2 is 1.96 bits per heavy atom. The Bertz CT molecular complexity index is 933. The van der Waals surface area contributed by atoms with Crippen molar-refractivity contribution in [3.05, 3.63) is 56.3 Å². The average Bonchev–Trinajstić information content (AvgIpc) is 3.36. The molecule has 2 heterocycles. The van der Waals surface area contributed by atoms with Gasteiger partial charge >= 0.3 is 5.69 Å². The molecule has 0 aliphatic heterocycles. The van der Waals surface area contributed by atoms with Crippen molar-refractivity contribution in [2.45, 2.75) is 70.5 Å². The molecule has 2 aromatic rings. The van der Waals surface area contributed by atoms with E-state index in [1.807, 2.05) is 0 Å². The van der Waals surface area contributed by atoms with Gasteiger partial charge < -0.3 is 9.73 Å². The minimum atomic E-state index is -0.333. The number of hydrogen-bond donors (Lipinski definition) is 1. The third-order valence-corrected chi connectivity index (χ3v) is 5.71. The van der Waals surface area contributed by atoms with E-state index in [9.17, 15) is 14.4 Å². The molecule has 0 spiro atoms. The highest BCUT2D eigenvalue weighted by atomic mass is 16.3. The lowest BCUT2D eigenvalue weighted by Crippen LogP contribution is -2.46. The van der Waals surface area contributed by atoms with Crippen molar-refractivity contribution < 1.29 is 9.21 Å². The molecule has 0 bridgehead atoms. The molecule has 1 saturated carbocycles. The number of nitrogens with one attached hydrogen (secondary N) is 1. The fourth-order valence-electron chi connectivity index (χ4n) is 4.36. The van der Waals surface area contributed by atoms with Crippen LogP contribution >= 0.6 is 0 Å². The molecule has 0 saturated heterocycles. The predicted molar refractivity (Wildman–Crippen MR) is 99.7 cm³/mol. The Labute approximate surface area is 157 Å². The number of furan rings is 1. The summed E-state index contributed by atoms with van der Waals surface area (Å²) in [6.45, 7) is 0.222. The lowest BCUT2D eigenvalue weighted by molar-refractivity contribution is -0.122. The van der Waals surface area contributed by atoms with Crippen LogP contribution in [0.4, 0.5) is 0 Å². The summed E-state index contributed by atoms with van der Waals surface area (Å²) in [5.74, 6) is 0.407. The third-order valence-electron chi connectivity index (χ3n) is 5.71. The maximum absolute atomic E-state index is 13.1. The summed E-state index contributed by atoms with van der Waals surface area (Å²) in [6.07, 6.45) is 8.73. The van der Waals surface area contributed by atoms with Gasteiger partial charge in [0.1, 0.15) is 12.3 Å². The largest absolute Gasteiger partial charge is 0.467 e. The Morgan fingerprint density at radius 1 is 1.15 bits per heavy atom. The molecule has 1 N–H and O–H groups in total. The van der Waals surface area contributed by atoms with Crippen molar-refractivity contribution in [1.82, 2.24) is 14.5 Å². The molecule has 1 fully saturated rings. The van der Waals surface area contributed by atoms with Gasteiger partial charge in [0.25, 0.3) is 5.56 Å². The van der Waals surface area contributed by atoms with E-state index >= 15 is 0 Å². The maximum Gasteiger partial charge on any atom is 0.331 e. The molecule has 2 aliphatic rings. The van der Waals surface area contributed by atoms with Gasteiger partial charge in [-0.2, -0.15) is 0 Å². The van der Waals surface area contributed by atoms with Gasteiger partial charge in [-0.05, 0) is 44.2 Å². The zero-order chi connectivity index (χ0) is 18.8. The van der Waals surface area contributed by atoms with Gasteiger partial charge in [-0.25, -0.2) is 4.79 Å². The van der Waals surface area contributed by atoms with Gasteiger partial charge in [0.05, 0.1) is 12.8 Å². The van der Waals surface area contributed by atoms with Crippen molar-refractivity contribution in [1.29, 1.82) is 0 Å². The Balaban J connectivity index is 1.63. The molecular formula is C20H25N3O4. The lowest BCUT2D eigenvalue weighted by Gasteiger charge is -2.25. The standard InChI is InChI=1S/C20H25N3O4/c24-18(21-12-15-8-5-11-27-15)13-22-17-10-4-9-16(17)19(25)23(20(22)26)14-6-2-1-3-7-14/h5,8,11,14H,1-4,6-7,9-10,12-13H2,(H,21,24). The topological polar surface area (TPSA) is 86.2 Å². The van der Waals surface area contributed by atoms with E-state index in [-0.39, 0.29) is 36.3 Å². The summed E-state index contributed by atoms with van der Waals surface area (Å²) in [6, 6.07) is 3.51. The quantitative estimate of drug-likeness (QED) is 0.870. The molecule has 7 heteroatoms. The molecular weight excluding hydrogens is 346 g/mol. The van der Waals surface area contributed by atoms with Crippen LogP contribution < -0.4 is 16.6 Å². The third kappa shape index (κ3) is 3.50. The van der Waals surface area contributed by atoms with Gasteiger partial charge in [0.2, 0.25) is 5.91 Å². The van der Waals surface area contributed by atoms with Crippen molar-refractivity contribution in [3.63, 3.8) is 0 Å². The van der Waals surface area contributed by atoms with E-state index in [4.69, 9.17) is 4.42 Å². The van der Waals surface area contributed by atoms with Gasteiger partial charge in [-0.3, -0.25) is 18.7 Å². The second-order valence-electron chi connectivity index (χ2n) is 7.47. The van der Waals surface area contributed by atoms with E-state index in [0.717, 1.165) is 49.8 Å². The summed E-state index contributed by atoms with van der Waals surface area (Å²) in [4.78, 5) is 38.5. The van der Waals surface area contributed by atoms with Crippen LogP contribution in [0.1, 0.15) is 61.6 Å². The highest BCUT2D eigenvalue weighted by molar-refractivity contribution is 5.75. The van der Waals surface area contributed by atoms with E-state index in [2.05, 4.69) is 5.32 Å². The first kappa shape index (κ1) is 17.8. The van der Waals surface area contributed by atoms with Crippen molar-refractivity contribution in [2.75, 3.05) is 0 Å². The number of fused-ring (bicyclic) bond motifs is 1. The van der Waals surface area contributed by atoms with Crippen molar-refractivity contribution in [3.8, 4) is 0 Å². The minimum absolute atomic E-state index is 0.0397. The van der Waals surface area contributed by atoms with E-state index in [0.29, 0.717) is 18.6 Å². The van der Waals surface area contributed by atoms with Gasteiger partial charge in [0.15, 0.2) is 0 Å². The Hall–Kier alpha value is -2.57. The molecule has 0 aromatic carbocycles. The summed E-state index contributed by atoms with van der Waals surface area (Å²) < 4.78 is 8.17. The fourth-order valence-corrected chi connectivity index (χ4v) is 4.36. The van der Waals surface area contributed by atoms with Crippen LogP contribution in [0.15, 0.2) is 32.4 Å². The Morgan fingerprint density at radius 3 is 2.70 bits per heavy atom. The second kappa shape index (κ2) is 7.58. The van der Waals surface area contributed by atoms with Crippen LogP contribution in [0.5, 0.6) is 0 Å². The first-order chi connectivity index (χ1) is 13.1. The van der Waals surface area contributed by atoms with Crippen LogP contribution in [0, 0.1) is 0 Å². The number of carbonyl (C=O) groups is 1. The molecule has 27 heavy (non-hydrogen) atoms. The number of amides is 1. The number of carbonyl (C=O) groups excluding carboxylic acids is 1. The Kier molecular flexibility index (Phi) is 5.01. The molecule has 2 aliphatic carbocycles. The van der Waals surface area contributed by atoms with E-state index in [1.54, 1.807) is 18.4 Å². The number of hydrogen-bond acceptors (Lipinski definition) is 4. The first-order valence-electron chi connectivity index (χ1n) is 9.81. The molecule has 0 unspecified atom stereocenters. The molecule has 0 atom stereocenters. The van der Waals surface area contributed by atoms with Crippen LogP contribution in [-0.2, 0) is 30.7 Å². The zero-order valence-corrected chi connectivity index (χ0v) is 15.4. The van der Waals surface area contributed by atoms with Gasteiger partial charge in [-0.1, -0.05) is 19.3 Å². The second-order valence-corrected chi connectivity index (χ2v) is 7.47. The highest BCUT2D eigenvalue weighted by Gasteiger charge is 2.27. The van der Waals surface area contributed by atoms with Crippen molar-refractivity contribution in [2.24, 2.45) is 0 Å². The lowest BCUT2D eigenvalue weighted by atomic mass is 9.95. The molecule has 7 nitrogen and oxygen atoms in total. The highest BCUT2D eigenvalue weighted by Crippen LogP contribution is 2.27. The molecule has 2 aromatic heterocycles. The first-order valence-corrected chi connectivity index (χ1v) is 9.81. The minimum Gasteiger partial charge on any atom is -0.467 e. The van der Waals surface area contributed by atoms with Crippen LogP contribution in [-0.4, -0.2) is 15.0 Å². The normalized spacial score (nSPS) is 17.0. The summed E-state index contributed by atoms with van der Waals surface area (Å²) in [5, 5.41) is 2.79. The van der Waals surface area contributed by atoms with Crippen LogP contribution in [0.3, 0.4) is 0 Å². The fraction of sp³-hybridized carbons (Fsp3) is 0.550. The van der Waals surface area contributed by atoms with E-state index in [1.165, 1.54) is 9.13 Å². The van der Waals surface area contributed by atoms with Crippen molar-refractivity contribution >= 4 is 5.91 Å². The summed E-state index contributed by atoms with van der Waals surface area (Å²) in [5.41, 5.74) is 0.997. The number of nitrogens with zero attached hydrogens (tertiary/aromatic N) is 2.